The molecule has 5 fully saturated rings. The molecule has 2 saturated heterocycles. The number of rotatable bonds is 1. The Hall–Kier alpha value is 1.14. The van der Waals surface area contributed by atoms with Crippen molar-refractivity contribution < 1.29 is 0 Å². The van der Waals surface area contributed by atoms with Gasteiger partial charge in [-0.1, -0.05) is 25.5 Å². The molecule has 1 spiro atoms. The van der Waals surface area contributed by atoms with Crippen LogP contribution >= 0.6 is 47.0 Å². The summed E-state index contributed by atoms with van der Waals surface area (Å²) in [6.45, 7) is 8.05. The average molecular weight is 467 g/mol. The lowest BCUT2D eigenvalue weighted by atomic mass is 9.46. The molecule has 6 atom stereocenters. The molecule has 6 rings (SSSR count). The first-order valence-electron chi connectivity index (χ1n) is 12.2. The summed E-state index contributed by atoms with van der Waals surface area (Å²) >= 11 is 9.13. The molecule has 162 valence electrons. The Morgan fingerprint density at radius 3 is 2.24 bits per heavy atom. The van der Waals surface area contributed by atoms with Crippen molar-refractivity contribution in [2.45, 2.75) is 80.3 Å². The van der Waals surface area contributed by atoms with Crippen LogP contribution in [0.4, 0.5) is 0 Å². The molecule has 2 aliphatic heterocycles. The molecular formula is C25H38S4. The van der Waals surface area contributed by atoms with Crippen molar-refractivity contribution in [2.24, 2.45) is 34.5 Å². The highest BCUT2D eigenvalue weighted by Crippen LogP contribution is 2.71. The van der Waals surface area contributed by atoms with E-state index in [1.54, 1.807) is 0 Å². The van der Waals surface area contributed by atoms with Crippen LogP contribution in [0.5, 0.6) is 0 Å². The molecule has 0 N–H and O–H groups in total. The van der Waals surface area contributed by atoms with E-state index in [0.29, 0.717) is 19.0 Å². The van der Waals surface area contributed by atoms with E-state index in [-0.39, 0.29) is 0 Å². The van der Waals surface area contributed by atoms with Gasteiger partial charge in [-0.05, 0) is 92.8 Å². The van der Waals surface area contributed by atoms with Crippen LogP contribution in [0, 0.1) is 34.5 Å². The molecule has 0 unspecified atom stereocenters. The monoisotopic (exact) mass is 466 g/mol. The summed E-state index contributed by atoms with van der Waals surface area (Å²) in [5.41, 5.74) is 3.03. The molecule has 2 heterocycles. The maximum absolute atomic E-state index is 2.81. The van der Waals surface area contributed by atoms with Gasteiger partial charge in [0.2, 0.25) is 0 Å². The Bertz CT molecular complexity index is 704. The molecule has 0 nitrogen and oxygen atoms in total. The van der Waals surface area contributed by atoms with E-state index in [0.717, 1.165) is 23.7 Å². The highest BCUT2D eigenvalue weighted by molar-refractivity contribution is 8.21. The van der Waals surface area contributed by atoms with Crippen LogP contribution in [-0.4, -0.2) is 31.2 Å². The molecule has 4 heteroatoms. The number of hydrogen-bond donors (Lipinski definition) is 0. The Kier molecular flexibility index (Phi) is 5.05. The van der Waals surface area contributed by atoms with E-state index in [4.69, 9.17) is 0 Å². The molecule has 0 aromatic rings. The fourth-order valence-electron chi connectivity index (χ4n) is 8.97. The van der Waals surface area contributed by atoms with Gasteiger partial charge in [-0.2, -0.15) is 0 Å². The van der Waals surface area contributed by atoms with E-state index in [9.17, 15) is 0 Å². The van der Waals surface area contributed by atoms with E-state index < -0.39 is 0 Å². The fourth-order valence-corrected chi connectivity index (χ4v) is 15.6. The lowest BCUT2D eigenvalue weighted by Gasteiger charge is -2.60. The van der Waals surface area contributed by atoms with Gasteiger partial charge in [0.05, 0.1) is 8.16 Å². The number of thioether (sulfide) groups is 4. The SMILES string of the molecule is CC1([C@H]2CC[C@H]3[C@@H]4CCC5=CC6(CC[C@]5(C)[C@H]4CC[C@]23C)SCCS6)SCCS1. The second kappa shape index (κ2) is 7.07. The van der Waals surface area contributed by atoms with Crippen molar-refractivity contribution in [1.29, 1.82) is 0 Å². The molecule has 0 radical (unpaired) electrons. The topological polar surface area (TPSA) is 0 Å². The smallest absolute Gasteiger partial charge is 0.0795 e. The van der Waals surface area contributed by atoms with Crippen LogP contribution in [0.3, 0.4) is 0 Å². The second-order valence-corrected chi connectivity index (χ2v) is 17.9. The maximum atomic E-state index is 2.81. The zero-order valence-electron chi connectivity index (χ0n) is 18.5. The van der Waals surface area contributed by atoms with Crippen LogP contribution in [0.25, 0.3) is 0 Å². The summed E-state index contributed by atoms with van der Waals surface area (Å²) in [5, 5.41) is 0. The Balaban J connectivity index is 1.29. The summed E-state index contributed by atoms with van der Waals surface area (Å²) in [7, 11) is 0. The summed E-state index contributed by atoms with van der Waals surface area (Å²) in [4.78, 5) is 0. The summed E-state index contributed by atoms with van der Waals surface area (Å²) in [5.74, 6) is 9.45. The molecule has 6 aliphatic rings. The van der Waals surface area contributed by atoms with Crippen LogP contribution in [0.15, 0.2) is 11.6 Å². The number of allylic oxidation sites excluding steroid dienone is 1. The minimum Gasteiger partial charge on any atom is -0.143 e. The largest absolute Gasteiger partial charge is 0.143 e. The van der Waals surface area contributed by atoms with Crippen LogP contribution < -0.4 is 0 Å². The van der Waals surface area contributed by atoms with Crippen molar-refractivity contribution in [2.75, 3.05) is 23.0 Å². The summed E-state index contributed by atoms with van der Waals surface area (Å²) in [6, 6.07) is 0. The predicted molar refractivity (Wildman–Crippen MR) is 136 cm³/mol. The molecule has 0 aromatic carbocycles. The molecule has 0 amide bonds. The minimum atomic E-state index is 0.467. The normalized spacial score (nSPS) is 50.1. The van der Waals surface area contributed by atoms with Crippen molar-refractivity contribution in [1.82, 2.24) is 0 Å². The highest BCUT2D eigenvalue weighted by atomic mass is 32.2. The van der Waals surface area contributed by atoms with Crippen molar-refractivity contribution in [3.05, 3.63) is 11.6 Å². The van der Waals surface area contributed by atoms with Gasteiger partial charge < -0.3 is 0 Å². The van der Waals surface area contributed by atoms with Crippen molar-refractivity contribution >= 4 is 47.0 Å². The minimum absolute atomic E-state index is 0.467. The summed E-state index contributed by atoms with van der Waals surface area (Å²) < 4.78 is 0.975. The standard InChI is InChI=1S/C25H38S4/c1-22-10-11-25(28-14-15-29-25)16-17(22)4-5-18-19-6-7-21(24(3)26-12-13-27-24)23(19,2)9-8-20(18)22/h16,18-21H,4-15H2,1-3H3/t18-,19-,20-,21-,22-,23-/m0/s1. The third-order valence-corrected chi connectivity index (χ3v) is 17.3. The van der Waals surface area contributed by atoms with Gasteiger partial charge >= 0.3 is 0 Å². The molecule has 29 heavy (non-hydrogen) atoms. The molecule has 3 saturated carbocycles. The molecule has 0 bridgehead atoms. The van der Waals surface area contributed by atoms with Crippen LogP contribution in [0.1, 0.15) is 72.1 Å². The third kappa shape index (κ3) is 2.96. The van der Waals surface area contributed by atoms with Gasteiger partial charge in [-0.25, -0.2) is 0 Å². The molecular weight excluding hydrogens is 429 g/mol. The molecule has 0 aromatic heterocycles. The zero-order valence-corrected chi connectivity index (χ0v) is 21.8. The Labute approximate surface area is 195 Å². The van der Waals surface area contributed by atoms with Crippen LogP contribution in [-0.2, 0) is 0 Å². The lowest BCUT2D eigenvalue weighted by molar-refractivity contribution is -0.0519. The summed E-state index contributed by atoms with van der Waals surface area (Å²) in [6.07, 6.45) is 14.7. The maximum Gasteiger partial charge on any atom is 0.0795 e. The van der Waals surface area contributed by atoms with Gasteiger partial charge in [-0.15, -0.1) is 47.0 Å². The van der Waals surface area contributed by atoms with Gasteiger partial charge in [0.25, 0.3) is 0 Å². The lowest BCUT2D eigenvalue weighted by Crippen LogP contribution is -2.52. The van der Waals surface area contributed by atoms with E-state index in [2.05, 4.69) is 73.9 Å². The fraction of sp³-hybridized carbons (Fsp3) is 0.920. The Morgan fingerprint density at radius 1 is 0.759 bits per heavy atom. The van der Waals surface area contributed by atoms with Gasteiger partial charge in [-0.3, -0.25) is 0 Å². The van der Waals surface area contributed by atoms with Gasteiger partial charge in [0.15, 0.2) is 0 Å². The van der Waals surface area contributed by atoms with E-state index >= 15 is 0 Å². The quantitative estimate of drug-likeness (QED) is 0.359. The number of hydrogen-bond acceptors (Lipinski definition) is 4. The third-order valence-electron chi connectivity index (χ3n) is 10.4. The average Bonchev–Trinajstić information content (AvgIpc) is 3.42. The zero-order chi connectivity index (χ0) is 19.9. The first-order chi connectivity index (χ1) is 13.9. The molecule has 4 aliphatic carbocycles. The Morgan fingerprint density at radius 2 is 1.48 bits per heavy atom. The highest BCUT2D eigenvalue weighted by Gasteiger charge is 2.62. The van der Waals surface area contributed by atoms with Crippen molar-refractivity contribution in [3.63, 3.8) is 0 Å². The predicted octanol–water partition coefficient (Wildman–Crippen LogP) is 7.94. The first kappa shape index (κ1) is 20.7. The van der Waals surface area contributed by atoms with E-state index in [1.165, 1.54) is 74.4 Å². The second-order valence-electron chi connectivity index (χ2n) is 11.4. The number of fused-ring (bicyclic) bond motifs is 5. The van der Waals surface area contributed by atoms with Gasteiger partial charge in [0, 0.05) is 23.0 Å². The van der Waals surface area contributed by atoms with Crippen molar-refractivity contribution in [3.8, 4) is 0 Å². The van der Waals surface area contributed by atoms with Gasteiger partial charge in [0.1, 0.15) is 0 Å². The first-order valence-corrected chi connectivity index (χ1v) is 16.1. The van der Waals surface area contributed by atoms with Crippen LogP contribution in [0.2, 0.25) is 0 Å². The van der Waals surface area contributed by atoms with E-state index in [1.807, 2.05) is 5.57 Å².